The van der Waals surface area contributed by atoms with Gasteiger partial charge in [0.25, 0.3) is 0 Å². The Morgan fingerprint density at radius 2 is 2.25 bits per heavy atom. The third-order valence-electron chi connectivity index (χ3n) is 2.91. The minimum atomic E-state index is 0.288. The zero-order valence-corrected chi connectivity index (χ0v) is 9.62. The highest BCUT2D eigenvalue weighted by Crippen LogP contribution is 2.33. The van der Waals surface area contributed by atoms with Gasteiger partial charge in [0, 0.05) is 31.0 Å². The van der Waals surface area contributed by atoms with Crippen LogP contribution in [0.3, 0.4) is 0 Å². The third-order valence-corrected chi connectivity index (χ3v) is 2.91. The van der Waals surface area contributed by atoms with E-state index in [0.29, 0.717) is 18.8 Å². The first-order chi connectivity index (χ1) is 7.66. The number of nitrogens with one attached hydrogen (secondary N) is 1. The number of anilines is 1. The number of carbonyl (C=O) groups is 1. The van der Waals surface area contributed by atoms with Gasteiger partial charge in [-0.3, -0.25) is 4.79 Å². The van der Waals surface area contributed by atoms with Crippen LogP contribution in [0.1, 0.15) is 31.2 Å². The second kappa shape index (κ2) is 4.52. The molecular weight excluding hydrogens is 198 g/mol. The van der Waals surface area contributed by atoms with E-state index >= 15 is 0 Å². The number of ketones is 1. The van der Waals surface area contributed by atoms with E-state index < -0.39 is 0 Å². The molecule has 2 nitrogen and oxygen atoms in total. The van der Waals surface area contributed by atoms with E-state index in [0.717, 1.165) is 12.1 Å². The van der Waals surface area contributed by atoms with Gasteiger partial charge < -0.3 is 5.32 Å². The highest BCUT2D eigenvalue weighted by molar-refractivity contribution is 5.82. The van der Waals surface area contributed by atoms with Crippen LogP contribution in [-0.4, -0.2) is 12.3 Å². The minimum absolute atomic E-state index is 0.288. The van der Waals surface area contributed by atoms with Gasteiger partial charge in [0.2, 0.25) is 0 Å². The first-order valence-corrected chi connectivity index (χ1v) is 5.65. The smallest absolute Gasteiger partial charge is 0.137 e. The van der Waals surface area contributed by atoms with Crippen molar-refractivity contribution in [3.63, 3.8) is 0 Å². The molecule has 1 aliphatic heterocycles. The molecule has 1 aromatic rings. The summed E-state index contributed by atoms with van der Waals surface area (Å²) in [5.41, 5.74) is 3.40. The Morgan fingerprint density at radius 1 is 1.50 bits per heavy atom. The molecule has 0 spiro atoms. The van der Waals surface area contributed by atoms with E-state index in [1.54, 1.807) is 0 Å². The lowest BCUT2D eigenvalue weighted by molar-refractivity contribution is -0.118. The van der Waals surface area contributed by atoms with Gasteiger partial charge in [-0.25, -0.2) is 0 Å². The number of hydrogen-bond acceptors (Lipinski definition) is 2. The molecule has 0 amide bonds. The summed E-state index contributed by atoms with van der Waals surface area (Å²) in [6.07, 6.45) is 1.13. The van der Waals surface area contributed by atoms with Crippen LogP contribution in [0.25, 0.3) is 0 Å². The van der Waals surface area contributed by atoms with Crippen molar-refractivity contribution in [3.05, 3.63) is 42.0 Å². The van der Waals surface area contributed by atoms with Crippen LogP contribution in [0.4, 0.5) is 5.69 Å². The molecule has 16 heavy (non-hydrogen) atoms. The maximum absolute atomic E-state index is 11.7. The number of rotatable bonds is 4. The molecule has 1 aliphatic rings. The van der Waals surface area contributed by atoms with Gasteiger partial charge in [0.05, 0.1) is 0 Å². The quantitative estimate of drug-likeness (QED) is 0.782. The summed E-state index contributed by atoms with van der Waals surface area (Å²) in [5, 5.41) is 3.33. The molecule has 2 rings (SSSR count). The van der Waals surface area contributed by atoms with Crippen LogP contribution in [-0.2, 0) is 4.79 Å². The molecule has 0 aliphatic carbocycles. The summed E-state index contributed by atoms with van der Waals surface area (Å²) in [6.45, 7) is 6.56. The van der Waals surface area contributed by atoms with E-state index in [4.69, 9.17) is 0 Å². The Bertz CT molecular complexity index is 422. The van der Waals surface area contributed by atoms with Gasteiger partial charge in [0.1, 0.15) is 5.78 Å². The van der Waals surface area contributed by atoms with E-state index in [1.807, 2.05) is 19.1 Å². The van der Waals surface area contributed by atoms with Crippen LogP contribution in [0.2, 0.25) is 0 Å². The molecular formula is C14H17NO. The Labute approximate surface area is 96.4 Å². The van der Waals surface area contributed by atoms with Crippen LogP contribution < -0.4 is 5.32 Å². The molecule has 0 saturated heterocycles. The first-order valence-electron chi connectivity index (χ1n) is 5.65. The Morgan fingerprint density at radius 3 is 3.00 bits per heavy atom. The number of carbonyl (C=O) groups excluding carboxylic acids is 1. The van der Waals surface area contributed by atoms with Crippen molar-refractivity contribution in [1.29, 1.82) is 0 Å². The Balaban J connectivity index is 2.03. The summed E-state index contributed by atoms with van der Waals surface area (Å²) in [6, 6.07) is 8.22. The molecule has 1 aromatic carbocycles. The molecule has 0 fully saturated rings. The topological polar surface area (TPSA) is 29.1 Å². The number of hydrogen-bond donors (Lipinski definition) is 1. The lowest BCUT2D eigenvalue weighted by Crippen LogP contribution is -2.09. The second-order valence-electron chi connectivity index (χ2n) is 4.54. The number of Topliss-reactive ketones (excluding diaryl/α,β-unsaturated/α-hetero) is 1. The highest BCUT2D eigenvalue weighted by Gasteiger charge is 2.23. The Hall–Kier alpha value is -1.57. The van der Waals surface area contributed by atoms with E-state index in [9.17, 15) is 4.79 Å². The fourth-order valence-electron chi connectivity index (χ4n) is 2.22. The largest absolute Gasteiger partial charge is 0.384 e. The van der Waals surface area contributed by atoms with Crippen LogP contribution in [0.5, 0.6) is 0 Å². The summed E-state index contributed by atoms with van der Waals surface area (Å²) in [4.78, 5) is 11.7. The van der Waals surface area contributed by atoms with E-state index in [2.05, 4.69) is 24.0 Å². The minimum Gasteiger partial charge on any atom is -0.384 e. The highest BCUT2D eigenvalue weighted by atomic mass is 16.1. The summed E-state index contributed by atoms with van der Waals surface area (Å²) in [7, 11) is 0. The van der Waals surface area contributed by atoms with Crippen molar-refractivity contribution in [2.24, 2.45) is 0 Å². The standard InChI is InChI=1S/C14H17NO/c1-10(2)7-12(16)8-11-9-15-14-6-4-3-5-13(11)14/h3-6,11,15H,1,7-9H2,2H3. The number of benzene rings is 1. The normalized spacial score (nSPS) is 17.7. The molecule has 0 saturated carbocycles. The van der Waals surface area contributed by atoms with Crippen LogP contribution in [0, 0.1) is 0 Å². The monoisotopic (exact) mass is 215 g/mol. The predicted octanol–water partition coefficient (Wildman–Crippen LogP) is 3.12. The lowest BCUT2D eigenvalue weighted by Gasteiger charge is -2.08. The SMILES string of the molecule is C=C(C)CC(=O)CC1CNc2ccccc21. The fourth-order valence-corrected chi connectivity index (χ4v) is 2.22. The molecule has 84 valence electrons. The number of para-hydroxylation sites is 1. The third kappa shape index (κ3) is 2.32. The zero-order chi connectivity index (χ0) is 11.5. The summed E-state index contributed by atoms with van der Waals surface area (Å²) < 4.78 is 0. The van der Waals surface area contributed by atoms with E-state index in [-0.39, 0.29) is 5.78 Å². The molecule has 2 heteroatoms. The summed E-state index contributed by atoms with van der Waals surface area (Å²) >= 11 is 0. The van der Waals surface area contributed by atoms with Gasteiger partial charge in [-0.1, -0.05) is 30.4 Å². The van der Waals surface area contributed by atoms with Crippen molar-refractivity contribution >= 4 is 11.5 Å². The molecule has 1 unspecified atom stereocenters. The Kier molecular flexibility index (Phi) is 3.09. The van der Waals surface area contributed by atoms with E-state index in [1.165, 1.54) is 11.3 Å². The maximum atomic E-state index is 11.7. The van der Waals surface area contributed by atoms with Gasteiger partial charge in [-0.2, -0.15) is 0 Å². The molecule has 0 bridgehead atoms. The average molecular weight is 215 g/mol. The number of fused-ring (bicyclic) bond motifs is 1. The molecule has 1 N–H and O–H groups in total. The zero-order valence-electron chi connectivity index (χ0n) is 9.62. The van der Waals surface area contributed by atoms with Gasteiger partial charge in [-0.05, 0) is 18.6 Å². The van der Waals surface area contributed by atoms with Gasteiger partial charge in [0.15, 0.2) is 0 Å². The first kappa shape index (κ1) is 10.9. The molecule has 1 heterocycles. The van der Waals surface area contributed by atoms with Crippen molar-refractivity contribution in [2.45, 2.75) is 25.7 Å². The number of allylic oxidation sites excluding steroid dienone is 1. The maximum Gasteiger partial charge on any atom is 0.137 e. The van der Waals surface area contributed by atoms with Gasteiger partial charge in [-0.15, -0.1) is 0 Å². The van der Waals surface area contributed by atoms with Crippen molar-refractivity contribution in [2.75, 3.05) is 11.9 Å². The van der Waals surface area contributed by atoms with Crippen molar-refractivity contribution in [1.82, 2.24) is 0 Å². The molecule has 1 atom stereocenters. The van der Waals surface area contributed by atoms with Crippen molar-refractivity contribution in [3.8, 4) is 0 Å². The molecule has 0 radical (unpaired) electrons. The fraction of sp³-hybridized carbons (Fsp3) is 0.357. The second-order valence-corrected chi connectivity index (χ2v) is 4.54. The predicted molar refractivity (Wildman–Crippen MR) is 66.7 cm³/mol. The lowest BCUT2D eigenvalue weighted by atomic mass is 9.94. The molecule has 0 aromatic heterocycles. The van der Waals surface area contributed by atoms with Crippen LogP contribution in [0.15, 0.2) is 36.4 Å². The van der Waals surface area contributed by atoms with Gasteiger partial charge >= 0.3 is 0 Å². The average Bonchev–Trinajstić information content (AvgIpc) is 2.61. The van der Waals surface area contributed by atoms with Crippen molar-refractivity contribution < 1.29 is 4.79 Å². The summed E-state index contributed by atoms with van der Waals surface area (Å²) in [5.74, 6) is 0.624. The van der Waals surface area contributed by atoms with Crippen LogP contribution >= 0.6 is 0 Å².